The highest BCUT2D eigenvalue weighted by molar-refractivity contribution is 6.30. The normalized spacial score (nSPS) is 11.4. The zero-order valence-corrected chi connectivity index (χ0v) is 22.2. The summed E-state index contributed by atoms with van der Waals surface area (Å²) in [6.07, 6.45) is 0.819. The highest BCUT2D eigenvalue weighted by atomic mass is 35.5. The number of nitrogens with one attached hydrogen (secondary N) is 1. The topological polar surface area (TPSA) is 77.1 Å². The van der Waals surface area contributed by atoms with Crippen molar-refractivity contribution in [1.29, 1.82) is 0 Å². The van der Waals surface area contributed by atoms with Gasteiger partial charge in [-0.25, -0.2) is 0 Å². The zero-order valence-electron chi connectivity index (χ0n) is 21.4. The van der Waals surface area contributed by atoms with Crippen molar-refractivity contribution in [2.75, 3.05) is 33.9 Å². The number of halogens is 1. The van der Waals surface area contributed by atoms with E-state index < -0.39 is 0 Å². The molecule has 37 heavy (non-hydrogen) atoms. The molecule has 0 bridgehead atoms. The molecular formula is C29H33ClN2O5. The molecule has 0 radical (unpaired) electrons. The third-order valence-electron chi connectivity index (χ3n) is 6.01. The fraction of sp³-hybridized carbons (Fsp3) is 0.310. The van der Waals surface area contributed by atoms with Crippen LogP contribution >= 0.6 is 11.6 Å². The summed E-state index contributed by atoms with van der Waals surface area (Å²) in [5, 5.41) is 3.53. The Balaban J connectivity index is 1.56. The number of carbonyl (C=O) groups excluding carboxylic acids is 2. The first kappa shape index (κ1) is 27.9. The first-order chi connectivity index (χ1) is 17.9. The summed E-state index contributed by atoms with van der Waals surface area (Å²) in [4.78, 5) is 27.4. The van der Waals surface area contributed by atoms with Gasteiger partial charge in [0.15, 0.2) is 18.1 Å². The maximum atomic E-state index is 13.1. The lowest BCUT2D eigenvalue weighted by molar-refractivity contribution is -0.136. The van der Waals surface area contributed by atoms with E-state index in [-0.39, 0.29) is 37.4 Å². The molecule has 8 heteroatoms. The van der Waals surface area contributed by atoms with Crippen molar-refractivity contribution in [3.63, 3.8) is 0 Å². The summed E-state index contributed by atoms with van der Waals surface area (Å²) in [5.74, 6) is 1.53. The standard InChI is InChI=1S/C29H33ClN2O5/c1-21(23-7-5-4-6-8-23)32(29(34)20-37-25-12-10-24(30)11-13-25)18-16-28(33)31-17-15-22-9-14-26(35-2)27(19-22)36-3/h4-14,19,21H,15-18,20H2,1-3H3,(H,31,33). The third-order valence-corrected chi connectivity index (χ3v) is 6.26. The van der Waals surface area contributed by atoms with Gasteiger partial charge in [-0.1, -0.05) is 48.0 Å². The molecule has 0 saturated carbocycles. The lowest BCUT2D eigenvalue weighted by Crippen LogP contribution is -2.40. The molecule has 0 aromatic heterocycles. The minimum absolute atomic E-state index is 0.128. The van der Waals surface area contributed by atoms with Crippen LogP contribution in [0.4, 0.5) is 0 Å². The Morgan fingerprint density at radius 1 is 0.946 bits per heavy atom. The van der Waals surface area contributed by atoms with Crippen molar-refractivity contribution in [1.82, 2.24) is 10.2 Å². The fourth-order valence-electron chi connectivity index (χ4n) is 3.90. The number of amides is 2. The molecule has 1 unspecified atom stereocenters. The van der Waals surface area contributed by atoms with Gasteiger partial charge in [-0.05, 0) is 60.9 Å². The van der Waals surface area contributed by atoms with Crippen molar-refractivity contribution in [3.05, 3.63) is 88.9 Å². The number of ether oxygens (including phenoxy) is 3. The minimum atomic E-state index is -0.220. The second-order valence-electron chi connectivity index (χ2n) is 8.46. The SMILES string of the molecule is COc1ccc(CCNC(=O)CCN(C(=O)COc2ccc(Cl)cc2)C(C)c2ccccc2)cc1OC. The van der Waals surface area contributed by atoms with E-state index in [1.807, 2.05) is 55.5 Å². The van der Waals surface area contributed by atoms with Gasteiger partial charge in [-0.2, -0.15) is 0 Å². The van der Waals surface area contributed by atoms with Gasteiger partial charge in [0.05, 0.1) is 20.3 Å². The van der Waals surface area contributed by atoms with E-state index in [9.17, 15) is 9.59 Å². The van der Waals surface area contributed by atoms with Crippen LogP contribution in [0.5, 0.6) is 17.2 Å². The Bertz CT molecular complexity index is 1150. The summed E-state index contributed by atoms with van der Waals surface area (Å²) >= 11 is 5.92. The first-order valence-corrected chi connectivity index (χ1v) is 12.5. The molecule has 1 N–H and O–H groups in total. The molecule has 0 saturated heterocycles. The number of carbonyl (C=O) groups is 2. The summed E-state index contributed by atoms with van der Waals surface area (Å²) in [6.45, 7) is 2.54. The molecule has 3 rings (SSSR count). The van der Waals surface area contributed by atoms with Crippen molar-refractivity contribution in [2.24, 2.45) is 0 Å². The molecule has 0 aliphatic carbocycles. The number of benzene rings is 3. The van der Waals surface area contributed by atoms with E-state index in [2.05, 4.69) is 5.32 Å². The van der Waals surface area contributed by atoms with Crippen LogP contribution in [0.2, 0.25) is 5.02 Å². The van der Waals surface area contributed by atoms with E-state index in [0.29, 0.717) is 35.2 Å². The van der Waals surface area contributed by atoms with E-state index in [1.165, 1.54) is 0 Å². The molecule has 3 aromatic rings. The quantitative estimate of drug-likeness (QED) is 0.337. The molecule has 1 atom stereocenters. The van der Waals surface area contributed by atoms with E-state index >= 15 is 0 Å². The lowest BCUT2D eigenvalue weighted by Gasteiger charge is -2.29. The summed E-state index contributed by atoms with van der Waals surface area (Å²) in [6, 6.07) is 22.0. The minimum Gasteiger partial charge on any atom is -0.493 e. The van der Waals surface area contributed by atoms with Gasteiger partial charge in [0.1, 0.15) is 5.75 Å². The zero-order chi connectivity index (χ0) is 26.6. The van der Waals surface area contributed by atoms with Crippen LogP contribution in [-0.2, 0) is 16.0 Å². The maximum Gasteiger partial charge on any atom is 0.261 e. The Morgan fingerprint density at radius 3 is 2.32 bits per heavy atom. The highest BCUT2D eigenvalue weighted by Crippen LogP contribution is 2.27. The largest absolute Gasteiger partial charge is 0.493 e. The third kappa shape index (κ3) is 8.43. The van der Waals surface area contributed by atoms with Gasteiger partial charge < -0.3 is 24.4 Å². The molecule has 196 valence electrons. The van der Waals surface area contributed by atoms with Crippen LogP contribution in [0.3, 0.4) is 0 Å². The van der Waals surface area contributed by atoms with Crippen LogP contribution in [0.25, 0.3) is 0 Å². The van der Waals surface area contributed by atoms with Crippen LogP contribution in [-0.4, -0.2) is 50.6 Å². The van der Waals surface area contributed by atoms with E-state index in [0.717, 1.165) is 11.1 Å². The van der Waals surface area contributed by atoms with E-state index in [4.69, 9.17) is 25.8 Å². The number of hydrogen-bond donors (Lipinski definition) is 1. The van der Waals surface area contributed by atoms with Crippen molar-refractivity contribution < 1.29 is 23.8 Å². The van der Waals surface area contributed by atoms with Gasteiger partial charge >= 0.3 is 0 Å². The van der Waals surface area contributed by atoms with Crippen molar-refractivity contribution >= 4 is 23.4 Å². The second-order valence-corrected chi connectivity index (χ2v) is 8.89. The summed E-state index contributed by atoms with van der Waals surface area (Å²) in [7, 11) is 3.18. The Kier molecular flexibility index (Phi) is 10.6. The van der Waals surface area contributed by atoms with Gasteiger partial charge in [0.2, 0.25) is 5.91 Å². The number of hydrogen-bond acceptors (Lipinski definition) is 5. The monoisotopic (exact) mass is 524 g/mol. The Morgan fingerprint density at radius 2 is 1.65 bits per heavy atom. The average molecular weight is 525 g/mol. The smallest absolute Gasteiger partial charge is 0.261 e. The predicted octanol–water partition coefficient (Wildman–Crippen LogP) is 5.07. The van der Waals surface area contributed by atoms with Crippen LogP contribution in [0, 0.1) is 0 Å². The fourth-order valence-corrected chi connectivity index (χ4v) is 4.02. The molecule has 3 aromatic carbocycles. The van der Waals surface area contributed by atoms with Crippen LogP contribution in [0.1, 0.15) is 30.5 Å². The lowest BCUT2D eigenvalue weighted by atomic mass is 10.1. The number of nitrogens with zero attached hydrogens (tertiary/aromatic N) is 1. The van der Waals surface area contributed by atoms with Gasteiger partial charge in [0, 0.05) is 24.5 Å². The number of rotatable bonds is 13. The molecule has 0 aliphatic heterocycles. The predicted molar refractivity (Wildman–Crippen MR) is 144 cm³/mol. The summed E-state index contributed by atoms with van der Waals surface area (Å²) in [5.41, 5.74) is 2.00. The van der Waals surface area contributed by atoms with Crippen LogP contribution in [0.15, 0.2) is 72.8 Å². The molecule has 0 aliphatic rings. The van der Waals surface area contributed by atoms with Gasteiger partial charge in [0.25, 0.3) is 5.91 Å². The Labute approximate surface area is 223 Å². The second kappa shape index (κ2) is 14.1. The van der Waals surface area contributed by atoms with Crippen LogP contribution < -0.4 is 19.5 Å². The number of methoxy groups -OCH3 is 2. The molecule has 2 amide bonds. The molecule has 0 spiro atoms. The van der Waals surface area contributed by atoms with E-state index in [1.54, 1.807) is 43.4 Å². The summed E-state index contributed by atoms with van der Waals surface area (Å²) < 4.78 is 16.3. The molecule has 0 heterocycles. The molecule has 7 nitrogen and oxygen atoms in total. The average Bonchev–Trinajstić information content (AvgIpc) is 2.93. The van der Waals surface area contributed by atoms with Crippen molar-refractivity contribution in [3.8, 4) is 17.2 Å². The Hall–Kier alpha value is -3.71. The molecule has 0 fully saturated rings. The molecular weight excluding hydrogens is 492 g/mol. The van der Waals surface area contributed by atoms with Gasteiger partial charge in [-0.3, -0.25) is 9.59 Å². The van der Waals surface area contributed by atoms with Crippen molar-refractivity contribution in [2.45, 2.75) is 25.8 Å². The first-order valence-electron chi connectivity index (χ1n) is 12.1. The van der Waals surface area contributed by atoms with Gasteiger partial charge in [-0.15, -0.1) is 0 Å². The maximum absolute atomic E-state index is 13.1. The highest BCUT2D eigenvalue weighted by Gasteiger charge is 2.23.